The van der Waals surface area contributed by atoms with E-state index in [0.717, 1.165) is 12.1 Å². The molecular formula is C22H18Cl2F2N2O5. The third-order valence-corrected chi connectivity index (χ3v) is 5.74. The molecule has 11 heteroatoms. The molecule has 3 N–H and O–H groups in total. The minimum atomic E-state index is -1.02. The molecule has 7 nitrogen and oxygen atoms in total. The van der Waals surface area contributed by atoms with Gasteiger partial charge in [-0.15, -0.1) is 0 Å². The molecule has 0 fully saturated rings. The molecule has 2 aromatic carbocycles. The van der Waals surface area contributed by atoms with Gasteiger partial charge in [0.15, 0.2) is 12.7 Å². The van der Waals surface area contributed by atoms with Crippen LogP contribution in [0.4, 0.5) is 8.78 Å². The topological polar surface area (TPSA) is 96.9 Å². The van der Waals surface area contributed by atoms with Crippen LogP contribution in [0.3, 0.4) is 0 Å². The van der Waals surface area contributed by atoms with Crippen LogP contribution in [-0.4, -0.2) is 35.7 Å². The van der Waals surface area contributed by atoms with Crippen molar-refractivity contribution in [3.05, 3.63) is 69.3 Å². The number of hydrogen-bond donors (Lipinski definition) is 3. The lowest BCUT2D eigenvalue weighted by molar-refractivity contribution is -0.131. The first-order valence-corrected chi connectivity index (χ1v) is 10.7. The summed E-state index contributed by atoms with van der Waals surface area (Å²) in [7, 11) is 0. The Kier molecular flexibility index (Phi) is 6.73. The highest BCUT2D eigenvalue weighted by molar-refractivity contribution is 6.31. The van der Waals surface area contributed by atoms with Crippen molar-refractivity contribution in [3.8, 4) is 11.5 Å². The lowest BCUT2D eigenvalue weighted by Crippen LogP contribution is -2.48. The van der Waals surface area contributed by atoms with Crippen molar-refractivity contribution in [2.75, 3.05) is 6.61 Å². The Morgan fingerprint density at radius 2 is 1.88 bits per heavy atom. The van der Waals surface area contributed by atoms with Crippen LogP contribution < -0.4 is 20.1 Å². The second-order valence-electron chi connectivity index (χ2n) is 7.59. The van der Waals surface area contributed by atoms with Gasteiger partial charge in [0.1, 0.15) is 23.1 Å². The number of fused-ring (bicyclic) bond motifs is 1. The van der Waals surface area contributed by atoms with Crippen LogP contribution in [0, 0.1) is 11.6 Å². The molecular weight excluding hydrogens is 481 g/mol. The molecule has 174 valence electrons. The van der Waals surface area contributed by atoms with Crippen molar-refractivity contribution >= 4 is 35.0 Å². The normalized spacial score (nSPS) is 21.1. The molecule has 0 radical (unpaired) electrons. The fourth-order valence-corrected chi connectivity index (χ4v) is 3.73. The predicted molar refractivity (Wildman–Crippen MR) is 115 cm³/mol. The number of aliphatic hydroxyl groups excluding tert-OH is 1. The average molecular weight is 499 g/mol. The molecule has 33 heavy (non-hydrogen) atoms. The summed E-state index contributed by atoms with van der Waals surface area (Å²) in [5, 5.41) is 15.4. The highest BCUT2D eigenvalue weighted by Crippen LogP contribution is 2.38. The average Bonchev–Trinajstić information content (AvgIpc) is 2.74. The molecule has 0 bridgehead atoms. The number of aliphatic hydroxyl groups is 1. The molecule has 4 rings (SSSR count). The fourth-order valence-electron chi connectivity index (χ4n) is 3.44. The summed E-state index contributed by atoms with van der Waals surface area (Å²) in [6.07, 6.45) is -0.0337. The number of halogens is 4. The van der Waals surface area contributed by atoms with E-state index in [9.17, 15) is 23.5 Å². The van der Waals surface area contributed by atoms with Crippen molar-refractivity contribution in [2.45, 2.75) is 31.1 Å². The molecule has 0 saturated heterocycles. The maximum Gasteiger partial charge on any atom is 0.262 e. The first kappa shape index (κ1) is 23.3. The van der Waals surface area contributed by atoms with E-state index in [1.807, 2.05) is 0 Å². The molecule has 0 aromatic heterocycles. The van der Waals surface area contributed by atoms with Crippen molar-refractivity contribution in [3.63, 3.8) is 0 Å². The summed E-state index contributed by atoms with van der Waals surface area (Å²) in [6, 6.07) is 5.82. The number of benzene rings is 2. The van der Waals surface area contributed by atoms with Crippen molar-refractivity contribution < 1.29 is 33.0 Å². The predicted octanol–water partition coefficient (Wildman–Crippen LogP) is 3.42. The Labute approximate surface area is 197 Å². The van der Waals surface area contributed by atoms with Crippen LogP contribution >= 0.6 is 23.2 Å². The molecule has 1 unspecified atom stereocenters. The van der Waals surface area contributed by atoms with Gasteiger partial charge >= 0.3 is 0 Å². The number of rotatable bonds is 6. The van der Waals surface area contributed by atoms with E-state index < -0.39 is 35.7 Å². The zero-order valence-corrected chi connectivity index (χ0v) is 18.4. The smallest absolute Gasteiger partial charge is 0.262 e. The van der Waals surface area contributed by atoms with Crippen molar-refractivity contribution in [2.24, 2.45) is 0 Å². The number of carbonyl (C=O) groups excluding carboxylic acids is 2. The van der Waals surface area contributed by atoms with Crippen LogP contribution in [0.1, 0.15) is 24.5 Å². The Balaban J connectivity index is 1.25. The monoisotopic (exact) mass is 498 g/mol. The Bertz CT molecular complexity index is 1140. The summed E-state index contributed by atoms with van der Waals surface area (Å²) in [6.45, 7) is -0.330. The van der Waals surface area contributed by atoms with Crippen LogP contribution in [0.5, 0.6) is 11.5 Å². The quantitative estimate of drug-likeness (QED) is 0.566. The van der Waals surface area contributed by atoms with Crippen molar-refractivity contribution in [1.29, 1.82) is 0 Å². The molecule has 1 heterocycles. The van der Waals surface area contributed by atoms with E-state index in [2.05, 4.69) is 10.6 Å². The summed E-state index contributed by atoms with van der Waals surface area (Å²) in [4.78, 5) is 24.5. The van der Waals surface area contributed by atoms with Gasteiger partial charge in [0, 0.05) is 36.2 Å². The Morgan fingerprint density at radius 3 is 2.61 bits per heavy atom. The molecule has 3 atom stereocenters. The van der Waals surface area contributed by atoms with E-state index in [4.69, 9.17) is 32.7 Å². The van der Waals surface area contributed by atoms with E-state index in [1.165, 1.54) is 18.2 Å². The first-order valence-electron chi connectivity index (χ1n) is 9.92. The van der Waals surface area contributed by atoms with Crippen LogP contribution in [0.2, 0.25) is 10.0 Å². The Hall–Kier alpha value is -2.88. The number of nitrogens with one attached hydrogen (secondary N) is 2. The van der Waals surface area contributed by atoms with Gasteiger partial charge in [0.2, 0.25) is 0 Å². The molecule has 2 amide bonds. The summed E-state index contributed by atoms with van der Waals surface area (Å²) in [5.41, 5.74) is 0.908. The third kappa shape index (κ3) is 5.38. The first-order chi connectivity index (χ1) is 15.7. The van der Waals surface area contributed by atoms with Crippen molar-refractivity contribution in [1.82, 2.24) is 10.6 Å². The summed E-state index contributed by atoms with van der Waals surface area (Å²) < 4.78 is 37.8. The number of hydrogen-bond acceptors (Lipinski definition) is 5. The van der Waals surface area contributed by atoms with E-state index in [1.54, 1.807) is 6.08 Å². The van der Waals surface area contributed by atoms with Crippen LogP contribution in [0.15, 0.2) is 42.1 Å². The number of amides is 2. The van der Waals surface area contributed by atoms with Crippen LogP contribution in [0.25, 0.3) is 0 Å². The second-order valence-corrected chi connectivity index (χ2v) is 8.40. The highest BCUT2D eigenvalue weighted by Gasteiger charge is 2.34. The molecule has 1 aliphatic carbocycles. The van der Waals surface area contributed by atoms with E-state index >= 15 is 0 Å². The SMILES string of the molecule is O=C(COc1ccc(Cl)c(F)c1)NC1=CC(NC(=O)[C@@H]2C[C@H](O)c3cc(Cl)c(F)cc3O2)C1. The maximum absolute atomic E-state index is 13.7. The fraction of sp³-hybridized carbons (Fsp3) is 0.273. The lowest BCUT2D eigenvalue weighted by Gasteiger charge is -2.32. The van der Waals surface area contributed by atoms with Crippen LogP contribution in [-0.2, 0) is 9.59 Å². The van der Waals surface area contributed by atoms with E-state index in [-0.39, 0.29) is 40.6 Å². The number of carbonyl (C=O) groups is 2. The molecule has 0 spiro atoms. The summed E-state index contributed by atoms with van der Waals surface area (Å²) in [5.74, 6) is -2.06. The minimum Gasteiger partial charge on any atom is -0.484 e. The van der Waals surface area contributed by atoms with Gasteiger partial charge in [0.05, 0.1) is 22.2 Å². The molecule has 2 aliphatic rings. The van der Waals surface area contributed by atoms with Gasteiger partial charge < -0.3 is 25.2 Å². The van der Waals surface area contributed by atoms with Gasteiger partial charge in [-0.3, -0.25) is 9.59 Å². The number of ether oxygens (including phenoxy) is 2. The highest BCUT2D eigenvalue weighted by atomic mass is 35.5. The zero-order valence-electron chi connectivity index (χ0n) is 16.9. The van der Waals surface area contributed by atoms with Gasteiger partial charge in [-0.1, -0.05) is 23.2 Å². The second kappa shape index (κ2) is 9.54. The maximum atomic E-state index is 13.7. The van der Waals surface area contributed by atoms with Gasteiger partial charge in [-0.2, -0.15) is 0 Å². The van der Waals surface area contributed by atoms with Gasteiger partial charge in [-0.05, 0) is 24.3 Å². The molecule has 0 saturated carbocycles. The lowest BCUT2D eigenvalue weighted by atomic mass is 9.96. The molecule has 1 aliphatic heterocycles. The largest absolute Gasteiger partial charge is 0.484 e. The standard InChI is InChI=1S/C22H18Cl2F2N2O5/c23-14-2-1-12(5-16(14)25)32-9-21(30)27-10-3-11(4-10)28-22(31)20-8-18(29)13-6-15(24)17(26)7-19(13)33-20/h1-3,5-7,11,18,20,29H,4,8-9H2,(H,27,30)(H,28,31)/t11?,18-,20-/m0/s1. The molecule has 2 aromatic rings. The van der Waals surface area contributed by atoms with E-state index in [0.29, 0.717) is 17.7 Å². The minimum absolute atomic E-state index is 0.0105. The zero-order chi connectivity index (χ0) is 23.7. The third-order valence-electron chi connectivity index (χ3n) is 5.14. The van der Waals surface area contributed by atoms with Gasteiger partial charge in [-0.25, -0.2) is 8.78 Å². The van der Waals surface area contributed by atoms with Gasteiger partial charge in [0.25, 0.3) is 11.8 Å². The Morgan fingerprint density at radius 1 is 1.15 bits per heavy atom. The summed E-state index contributed by atoms with van der Waals surface area (Å²) >= 11 is 11.3.